The fraction of sp³-hybridized carbons (Fsp3) is 0.414. The van der Waals surface area contributed by atoms with Gasteiger partial charge in [-0.15, -0.1) is 0 Å². The van der Waals surface area contributed by atoms with E-state index >= 15 is 0 Å². The summed E-state index contributed by atoms with van der Waals surface area (Å²) in [6, 6.07) is 21.2. The summed E-state index contributed by atoms with van der Waals surface area (Å²) in [7, 11) is 0. The number of carbonyl (C=O) groups is 1. The highest BCUT2D eigenvalue weighted by molar-refractivity contribution is 6.07. The zero-order valence-electron chi connectivity index (χ0n) is 19.7. The summed E-state index contributed by atoms with van der Waals surface area (Å²) in [5.74, 6) is -0.280. The number of rotatable bonds is 5. The van der Waals surface area contributed by atoms with Crippen molar-refractivity contribution in [3.8, 4) is 0 Å². The largest absolute Gasteiger partial charge is 0.393 e. The minimum atomic E-state index is -1.65. The van der Waals surface area contributed by atoms with Gasteiger partial charge in [-0.05, 0) is 53.6 Å². The summed E-state index contributed by atoms with van der Waals surface area (Å²) in [5, 5.41) is 24.5. The third kappa shape index (κ3) is 3.22. The van der Waals surface area contributed by atoms with Crippen LogP contribution in [0.25, 0.3) is 10.8 Å². The van der Waals surface area contributed by atoms with Gasteiger partial charge in [0, 0.05) is 37.2 Å². The fourth-order valence-electron chi connectivity index (χ4n) is 6.50. The van der Waals surface area contributed by atoms with E-state index in [4.69, 9.17) is 0 Å². The standard InChI is InChI=1S/C29H32N2O3/c1-2-22(32)18-29(34)24-11-3-4-12-25(24)31(28(29)33)21-13-15-30(16-14-21)26-17-20-9-5-7-19-8-6-10-23(26)27(19)20/h3-12,21-22,26,32,34H,2,13-18H2,1H3/t22-,26?,29?/m0/s1. The maximum absolute atomic E-state index is 13.6. The average Bonchev–Trinajstić information content (AvgIpc) is 3.34. The molecule has 0 radical (unpaired) electrons. The Labute approximate surface area is 200 Å². The van der Waals surface area contributed by atoms with Gasteiger partial charge in [0.05, 0.1) is 11.8 Å². The summed E-state index contributed by atoms with van der Waals surface area (Å²) in [4.78, 5) is 18.0. The Morgan fingerprint density at radius 3 is 2.53 bits per heavy atom. The third-order valence-corrected chi connectivity index (χ3v) is 8.28. The summed E-state index contributed by atoms with van der Waals surface area (Å²) < 4.78 is 0. The van der Waals surface area contributed by atoms with E-state index < -0.39 is 11.7 Å². The quantitative estimate of drug-likeness (QED) is 0.601. The first-order valence-electron chi connectivity index (χ1n) is 12.6. The smallest absolute Gasteiger partial charge is 0.264 e. The number of carbonyl (C=O) groups excluding carboxylic acids is 1. The van der Waals surface area contributed by atoms with E-state index in [1.165, 1.54) is 21.9 Å². The molecule has 1 aliphatic carbocycles. The Kier molecular flexibility index (Phi) is 5.25. The molecule has 0 bridgehead atoms. The van der Waals surface area contributed by atoms with Gasteiger partial charge < -0.3 is 15.1 Å². The number of fused-ring (bicyclic) bond motifs is 1. The number of amides is 1. The van der Waals surface area contributed by atoms with Crippen LogP contribution in [-0.2, 0) is 16.8 Å². The maximum Gasteiger partial charge on any atom is 0.264 e. The first kappa shape index (κ1) is 21.8. The number of para-hydroxylation sites is 1. The minimum absolute atomic E-state index is 0.0407. The average molecular weight is 457 g/mol. The lowest BCUT2D eigenvalue weighted by Gasteiger charge is -2.40. The van der Waals surface area contributed by atoms with Crippen LogP contribution < -0.4 is 4.90 Å². The monoisotopic (exact) mass is 456 g/mol. The number of aliphatic hydroxyl groups excluding tert-OH is 1. The van der Waals surface area contributed by atoms with Crippen LogP contribution in [0.15, 0.2) is 60.7 Å². The van der Waals surface area contributed by atoms with Crippen molar-refractivity contribution in [1.29, 1.82) is 0 Å². The normalized spacial score (nSPS) is 25.8. The molecule has 176 valence electrons. The second-order valence-electron chi connectivity index (χ2n) is 10.2. The van der Waals surface area contributed by atoms with Crippen molar-refractivity contribution in [2.75, 3.05) is 18.0 Å². The summed E-state index contributed by atoms with van der Waals surface area (Å²) in [6.45, 7) is 3.71. The van der Waals surface area contributed by atoms with E-state index in [0.717, 1.165) is 38.0 Å². The Morgan fingerprint density at radius 1 is 1.03 bits per heavy atom. The highest BCUT2D eigenvalue weighted by Gasteiger charge is 2.52. The minimum Gasteiger partial charge on any atom is -0.393 e. The van der Waals surface area contributed by atoms with Gasteiger partial charge in [0.1, 0.15) is 0 Å². The van der Waals surface area contributed by atoms with Crippen molar-refractivity contribution < 1.29 is 15.0 Å². The molecular formula is C29H32N2O3. The molecule has 2 heterocycles. The van der Waals surface area contributed by atoms with Crippen LogP contribution >= 0.6 is 0 Å². The van der Waals surface area contributed by atoms with Gasteiger partial charge >= 0.3 is 0 Å². The second-order valence-corrected chi connectivity index (χ2v) is 10.2. The van der Waals surface area contributed by atoms with Gasteiger partial charge in [0.25, 0.3) is 5.91 Å². The highest BCUT2D eigenvalue weighted by atomic mass is 16.3. The molecule has 3 aromatic carbocycles. The number of benzene rings is 3. The van der Waals surface area contributed by atoms with E-state index in [-0.39, 0.29) is 18.4 Å². The molecule has 1 amide bonds. The van der Waals surface area contributed by atoms with E-state index in [1.807, 2.05) is 36.1 Å². The predicted molar refractivity (Wildman–Crippen MR) is 134 cm³/mol. The molecule has 34 heavy (non-hydrogen) atoms. The Morgan fingerprint density at radius 2 is 1.76 bits per heavy atom. The lowest BCUT2D eigenvalue weighted by Crippen LogP contribution is -2.51. The van der Waals surface area contributed by atoms with E-state index in [9.17, 15) is 15.0 Å². The van der Waals surface area contributed by atoms with E-state index in [0.29, 0.717) is 18.0 Å². The van der Waals surface area contributed by atoms with Gasteiger partial charge in [-0.3, -0.25) is 9.69 Å². The first-order valence-corrected chi connectivity index (χ1v) is 12.6. The zero-order valence-corrected chi connectivity index (χ0v) is 19.7. The van der Waals surface area contributed by atoms with Crippen molar-refractivity contribution in [2.24, 2.45) is 0 Å². The summed E-state index contributed by atoms with van der Waals surface area (Å²) >= 11 is 0. The van der Waals surface area contributed by atoms with Crippen LogP contribution in [0.5, 0.6) is 0 Å². The van der Waals surface area contributed by atoms with Crippen LogP contribution in [0.3, 0.4) is 0 Å². The van der Waals surface area contributed by atoms with Gasteiger partial charge in [-0.1, -0.05) is 61.5 Å². The topological polar surface area (TPSA) is 64.0 Å². The molecule has 3 aliphatic rings. The number of hydrogen-bond acceptors (Lipinski definition) is 4. The van der Waals surface area contributed by atoms with Crippen LogP contribution in [0.4, 0.5) is 5.69 Å². The van der Waals surface area contributed by atoms with Crippen LogP contribution in [0.1, 0.15) is 55.3 Å². The van der Waals surface area contributed by atoms with Crippen molar-refractivity contribution in [1.82, 2.24) is 4.90 Å². The van der Waals surface area contributed by atoms with Crippen molar-refractivity contribution in [3.05, 3.63) is 77.4 Å². The van der Waals surface area contributed by atoms with Gasteiger partial charge in [-0.25, -0.2) is 0 Å². The molecule has 5 nitrogen and oxygen atoms in total. The van der Waals surface area contributed by atoms with Gasteiger partial charge in [-0.2, -0.15) is 0 Å². The lowest BCUT2D eigenvalue weighted by atomic mass is 9.88. The van der Waals surface area contributed by atoms with Gasteiger partial charge in [0.15, 0.2) is 5.60 Å². The van der Waals surface area contributed by atoms with Crippen molar-refractivity contribution >= 4 is 22.4 Å². The number of nitrogens with zero attached hydrogens (tertiary/aromatic N) is 2. The van der Waals surface area contributed by atoms with Crippen LogP contribution in [0, 0.1) is 0 Å². The van der Waals surface area contributed by atoms with E-state index in [2.05, 4.69) is 41.3 Å². The molecule has 0 spiro atoms. The number of aliphatic hydroxyl groups is 2. The molecule has 0 aromatic heterocycles. The Balaban J connectivity index is 1.23. The molecule has 2 aliphatic heterocycles. The number of hydrogen-bond donors (Lipinski definition) is 2. The molecule has 1 saturated heterocycles. The van der Waals surface area contributed by atoms with Crippen molar-refractivity contribution in [3.63, 3.8) is 0 Å². The molecule has 0 saturated carbocycles. The molecular weight excluding hydrogens is 424 g/mol. The molecule has 5 heteroatoms. The fourth-order valence-corrected chi connectivity index (χ4v) is 6.50. The number of piperidine rings is 1. The summed E-state index contributed by atoms with van der Waals surface area (Å²) in [5.41, 5.74) is 2.65. The molecule has 3 atom stereocenters. The zero-order chi connectivity index (χ0) is 23.4. The summed E-state index contributed by atoms with van der Waals surface area (Å²) in [6.07, 6.45) is 2.62. The van der Waals surface area contributed by atoms with Crippen molar-refractivity contribution in [2.45, 2.75) is 62.8 Å². The third-order valence-electron chi connectivity index (χ3n) is 8.28. The van der Waals surface area contributed by atoms with Crippen LogP contribution in [0.2, 0.25) is 0 Å². The Bertz CT molecular complexity index is 1240. The van der Waals surface area contributed by atoms with Gasteiger partial charge in [0.2, 0.25) is 0 Å². The predicted octanol–water partition coefficient (Wildman–Crippen LogP) is 4.30. The number of anilines is 1. The molecule has 2 unspecified atom stereocenters. The molecule has 2 N–H and O–H groups in total. The highest BCUT2D eigenvalue weighted by Crippen LogP contribution is 2.46. The SMILES string of the molecule is CC[C@H](O)CC1(O)C(=O)N(C2CCN(C3Cc4cccc5cccc3c45)CC2)c2ccccc21. The number of likely N-dealkylation sites (tertiary alicyclic amines) is 1. The molecule has 6 rings (SSSR count). The second kappa shape index (κ2) is 8.19. The molecule has 3 aromatic rings. The maximum atomic E-state index is 13.6. The van der Waals surface area contributed by atoms with E-state index in [1.54, 1.807) is 0 Å². The lowest BCUT2D eigenvalue weighted by molar-refractivity contribution is -0.140. The Hall–Kier alpha value is -2.73. The first-order chi connectivity index (χ1) is 16.5. The van der Waals surface area contributed by atoms with Crippen LogP contribution in [-0.4, -0.2) is 46.3 Å². The molecule has 1 fully saturated rings.